The quantitative estimate of drug-likeness (QED) is 0.398. The summed E-state index contributed by atoms with van der Waals surface area (Å²) in [4.78, 5) is 9.77. The maximum atomic E-state index is 12.6. The van der Waals surface area contributed by atoms with E-state index < -0.39 is 35.4 Å². The highest BCUT2D eigenvalue weighted by Crippen LogP contribution is 2.28. The van der Waals surface area contributed by atoms with E-state index in [1.807, 2.05) is 0 Å². The molecule has 0 aliphatic heterocycles. The Balaban J connectivity index is 1.84. The SMILES string of the molecule is CCS(=O)(=O)c1ccc(-c2ccc(NS(=O)(=O)c3cc([N+](=O)[O-])ccc3Cl)cc2)nn1. The van der Waals surface area contributed by atoms with Crippen molar-refractivity contribution in [3.05, 3.63) is 69.7 Å². The second-order valence-electron chi connectivity index (χ2n) is 6.21. The van der Waals surface area contributed by atoms with Crippen LogP contribution >= 0.6 is 11.6 Å². The summed E-state index contributed by atoms with van der Waals surface area (Å²) in [5, 5.41) is 18.3. The average Bonchev–Trinajstić information content (AvgIpc) is 2.74. The highest BCUT2D eigenvalue weighted by molar-refractivity contribution is 7.92. The number of aromatic nitrogens is 2. The van der Waals surface area contributed by atoms with E-state index in [-0.39, 0.29) is 21.5 Å². The number of nitrogens with zero attached hydrogens (tertiary/aromatic N) is 3. The first-order valence-corrected chi connectivity index (χ1v) is 12.2. The fourth-order valence-corrected chi connectivity index (χ4v) is 4.83. The van der Waals surface area contributed by atoms with Crippen LogP contribution in [0.3, 0.4) is 0 Å². The predicted octanol–water partition coefficient (Wildman–Crippen LogP) is 3.30. The lowest BCUT2D eigenvalue weighted by Crippen LogP contribution is -2.13. The third-order valence-corrected chi connectivity index (χ3v) is 7.66. The molecule has 0 saturated carbocycles. The molecular weight excluding hydrogens is 468 g/mol. The molecule has 1 heterocycles. The van der Waals surface area contributed by atoms with E-state index in [9.17, 15) is 26.9 Å². The molecule has 0 unspecified atom stereocenters. The first-order chi connectivity index (χ1) is 14.5. The molecule has 0 fully saturated rings. The minimum absolute atomic E-state index is 0.0928. The van der Waals surface area contributed by atoms with Crippen LogP contribution in [0.15, 0.2) is 64.5 Å². The van der Waals surface area contributed by atoms with Crippen LogP contribution in [0.1, 0.15) is 6.92 Å². The number of nitro benzene ring substituents is 1. The fraction of sp³-hybridized carbons (Fsp3) is 0.111. The highest BCUT2D eigenvalue weighted by atomic mass is 35.5. The van der Waals surface area contributed by atoms with Crippen molar-refractivity contribution in [2.45, 2.75) is 16.8 Å². The molecule has 0 atom stereocenters. The van der Waals surface area contributed by atoms with Crippen molar-refractivity contribution < 1.29 is 21.8 Å². The number of anilines is 1. The monoisotopic (exact) mass is 482 g/mol. The Labute approximate surface area is 183 Å². The Morgan fingerprint density at radius 3 is 2.23 bits per heavy atom. The molecule has 0 bridgehead atoms. The molecule has 0 aliphatic carbocycles. The minimum atomic E-state index is -4.18. The van der Waals surface area contributed by atoms with Gasteiger partial charge in [-0.2, -0.15) is 0 Å². The zero-order chi connectivity index (χ0) is 22.8. The number of nitro groups is 1. The number of rotatable bonds is 7. The van der Waals surface area contributed by atoms with Crippen LogP contribution in [0.25, 0.3) is 11.3 Å². The van der Waals surface area contributed by atoms with Gasteiger partial charge in [-0.3, -0.25) is 14.8 Å². The van der Waals surface area contributed by atoms with Gasteiger partial charge in [0.1, 0.15) is 4.90 Å². The first-order valence-electron chi connectivity index (χ1n) is 8.67. The molecule has 3 aromatic rings. The van der Waals surface area contributed by atoms with E-state index in [2.05, 4.69) is 14.9 Å². The lowest BCUT2D eigenvalue weighted by atomic mass is 10.1. The molecule has 3 rings (SSSR count). The Morgan fingerprint density at radius 2 is 1.68 bits per heavy atom. The molecule has 0 spiro atoms. The molecule has 2 aromatic carbocycles. The molecule has 10 nitrogen and oxygen atoms in total. The van der Waals surface area contributed by atoms with Gasteiger partial charge in [-0.15, -0.1) is 10.2 Å². The highest BCUT2D eigenvalue weighted by Gasteiger charge is 2.22. The van der Waals surface area contributed by atoms with Gasteiger partial charge < -0.3 is 0 Å². The van der Waals surface area contributed by atoms with Gasteiger partial charge in [-0.25, -0.2) is 16.8 Å². The van der Waals surface area contributed by atoms with Gasteiger partial charge in [0, 0.05) is 23.4 Å². The third kappa shape index (κ3) is 4.98. The Morgan fingerprint density at radius 1 is 1.00 bits per heavy atom. The van der Waals surface area contributed by atoms with Crippen LogP contribution in [0, 0.1) is 10.1 Å². The molecule has 1 aromatic heterocycles. The number of non-ortho nitro benzene ring substituents is 1. The fourth-order valence-electron chi connectivity index (χ4n) is 2.52. The normalized spacial score (nSPS) is 11.8. The van der Waals surface area contributed by atoms with Gasteiger partial charge in [-0.05, 0) is 30.3 Å². The number of sulfonamides is 1. The molecule has 13 heteroatoms. The predicted molar refractivity (Wildman–Crippen MR) is 114 cm³/mol. The van der Waals surface area contributed by atoms with Crippen LogP contribution < -0.4 is 4.72 Å². The Bertz CT molecular complexity index is 1340. The molecule has 0 aliphatic rings. The van der Waals surface area contributed by atoms with Crippen LogP contribution in [-0.2, 0) is 19.9 Å². The summed E-state index contributed by atoms with van der Waals surface area (Å²) in [5.41, 5.74) is 0.743. The second kappa shape index (κ2) is 8.57. The summed E-state index contributed by atoms with van der Waals surface area (Å²) in [7, 11) is -7.65. The summed E-state index contributed by atoms with van der Waals surface area (Å²) >= 11 is 5.91. The zero-order valence-corrected chi connectivity index (χ0v) is 18.3. The van der Waals surface area contributed by atoms with E-state index in [0.29, 0.717) is 11.3 Å². The van der Waals surface area contributed by atoms with Gasteiger partial charge in [0.15, 0.2) is 14.9 Å². The topological polar surface area (TPSA) is 149 Å². The number of benzene rings is 2. The maximum Gasteiger partial charge on any atom is 0.270 e. The standard InChI is InChI=1S/C18H15ClN4O6S2/c1-2-30(26,27)18-10-9-16(20-21-18)12-3-5-13(6-4-12)22-31(28,29)17-11-14(23(24)25)7-8-15(17)19/h3-11,22H,2H2,1H3. The van der Waals surface area contributed by atoms with Crippen molar-refractivity contribution in [3.8, 4) is 11.3 Å². The number of sulfone groups is 1. The van der Waals surface area contributed by atoms with Gasteiger partial charge in [0.2, 0.25) is 0 Å². The van der Waals surface area contributed by atoms with Crippen LogP contribution in [0.4, 0.5) is 11.4 Å². The van der Waals surface area contributed by atoms with Crippen molar-refractivity contribution in [1.82, 2.24) is 10.2 Å². The van der Waals surface area contributed by atoms with Crippen LogP contribution in [-0.4, -0.2) is 37.7 Å². The maximum absolute atomic E-state index is 12.6. The zero-order valence-electron chi connectivity index (χ0n) is 15.9. The van der Waals surface area contributed by atoms with Gasteiger partial charge in [-0.1, -0.05) is 30.7 Å². The van der Waals surface area contributed by atoms with Crippen LogP contribution in [0.2, 0.25) is 5.02 Å². The summed E-state index contributed by atoms with van der Waals surface area (Å²) in [6, 6.07) is 12.0. The summed E-state index contributed by atoms with van der Waals surface area (Å²) in [6.45, 7) is 1.51. The Kier molecular flexibility index (Phi) is 6.25. The Hall–Kier alpha value is -3.09. The van der Waals surface area contributed by atoms with E-state index >= 15 is 0 Å². The van der Waals surface area contributed by atoms with Crippen molar-refractivity contribution in [3.63, 3.8) is 0 Å². The molecule has 31 heavy (non-hydrogen) atoms. The molecule has 0 radical (unpaired) electrons. The second-order valence-corrected chi connectivity index (χ2v) is 10.5. The summed E-state index contributed by atoms with van der Waals surface area (Å²) < 4.78 is 51.2. The van der Waals surface area contributed by atoms with Gasteiger partial charge in [0.25, 0.3) is 15.7 Å². The number of halogens is 1. The summed E-state index contributed by atoms with van der Waals surface area (Å²) in [5.74, 6) is -0.0928. The molecule has 162 valence electrons. The van der Waals surface area contributed by atoms with Crippen molar-refractivity contribution >= 4 is 42.8 Å². The minimum Gasteiger partial charge on any atom is -0.280 e. The van der Waals surface area contributed by atoms with Crippen molar-refractivity contribution in [2.24, 2.45) is 0 Å². The molecule has 0 saturated heterocycles. The summed E-state index contributed by atoms with van der Waals surface area (Å²) in [6.07, 6.45) is 0. The van der Waals surface area contributed by atoms with E-state index in [1.165, 1.54) is 31.2 Å². The third-order valence-electron chi connectivity index (χ3n) is 4.19. The lowest BCUT2D eigenvalue weighted by Gasteiger charge is -2.10. The lowest BCUT2D eigenvalue weighted by molar-refractivity contribution is -0.385. The molecule has 0 amide bonds. The molecule has 1 N–H and O–H groups in total. The van der Waals surface area contributed by atoms with Crippen LogP contribution in [0.5, 0.6) is 0 Å². The van der Waals surface area contributed by atoms with Crippen molar-refractivity contribution in [2.75, 3.05) is 10.5 Å². The van der Waals surface area contributed by atoms with Crippen molar-refractivity contribution in [1.29, 1.82) is 0 Å². The van der Waals surface area contributed by atoms with Gasteiger partial charge in [0.05, 0.1) is 21.4 Å². The average molecular weight is 483 g/mol. The smallest absolute Gasteiger partial charge is 0.270 e. The number of hydrogen-bond acceptors (Lipinski definition) is 8. The van der Waals surface area contributed by atoms with Gasteiger partial charge >= 0.3 is 0 Å². The first kappa shape index (κ1) is 22.6. The van der Waals surface area contributed by atoms with E-state index in [1.54, 1.807) is 12.1 Å². The largest absolute Gasteiger partial charge is 0.280 e. The molecular formula is C18H15ClN4O6S2. The number of hydrogen-bond donors (Lipinski definition) is 1. The number of nitrogens with one attached hydrogen (secondary N) is 1. The van der Waals surface area contributed by atoms with E-state index in [4.69, 9.17) is 11.6 Å². The van der Waals surface area contributed by atoms with E-state index in [0.717, 1.165) is 18.2 Å².